The largest absolute Gasteiger partial charge is 0.377 e. The van der Waals surface area contributed by atoms with Crippen LogP contribution in [0.15, 0.2) is 18.2 Å². The van der Waals surface area contributed by atoms with E-state index in [1.807, 2.05) is 0 Å². The summed E-state index contributed by atoms with van der Waals surface area (Å²) in [6.07, 6.45) is 1.11. The van der Waals surface area contributed by atoms with Crippen LogP contribution in [0.2, 0.25) is 0 Å². The quantitative estimate of drug-likeness (QED) is 0.870. The van der Waals surface area contributed by atoms with Gasteiger partial charge in [0.25, 0.3) is 0 Å². The summed E-state index contributed by atoms with van der Waals surface area (Å²) in [6.45, 7) is 7.59. The Morgan fingerprint density at radius 3 is 3.00 bits per heavy atom. The molecular formula is C14H22N2O. The summed E-state index contributed by atoms with van der Waals surface area (Å²) in [5.41, 5.74) is 9.73. The Hall–Kier alpha value is -1.06. The summed E-state index contributed by atoms with van der Waals surface area (Å²) < 4.78 is 5.57. The molecule has 2 N–H and O–H groups in total. The third-order valence-electron chi connectivity index (χ3n) is 3.53. The van der Waals surface area contributed by atoms with E-state index in [4.69, 9.17) is 10.5 Å². The number of hydrogen-bond acceptors (Lipinski definition) is 3. The van der Waals surface area contributed by atoms with Gasteiger partial charge in [-0.3, -0.25) is 0 Å². The average Bonchev–Trinajstić information content (AvgIpc) is 2.38. The first-order valence-electron chi connectivity index (χ1n) is 6.40. The zero-order chi connectivity index (χ0) is 12.3. The number of benzene rings is 1. The van der Waals surface area contributed by atoms with Crippen molar-refractivity contribution in [2.24, 2.45) is 5.73 Å². The molecule has 3 heteroatoms. The lowest BCUT2D eigenvalue weighted by atomic mass is 10.0. The molecule has 3 nitrogen and oxygen atoms in total. The van der Waals surface area contributed by atoms with Crippen LogP contribution >= 0.6 is 0 Å². The molecule has 1 fully saturated rings. The number of aryl methyl sites for hydroxylation is 1. The molecule has 0 saturated carbocycles. The number of morpholine rings is 1. The Bertz CT molecular complexity index is 378. The van der Waals surface area contributed by atoms with Crippen molar-refractivity contribution in [1.82, 2.24) is 0 Å². The first kappa shape index (κ1) is 12.4. The number of para-hydroxylation sites is 1. The molecule has 1 aliphatic heterocycles. The van der Waals surface area contributed by atoms with Gasteiger partial charge < -0.3 is 15.4 Å². The summed E-state index contributed by atoms with van der Waals surface area (Å²) in [5.74, 6) is 0. The number of nitrogens with zero attached hydrogens (tertiary/aromatic N) is 1. The van der Waals surface area contributed by atoms with Crippen LogP contribution in [0.5, 0.6) is 0 Å². The van der Waals surface area contributed by atoms with Gasteiger partial charge in [0.05, 0.1) is 19.3 Å². The fourth-order valence-electron chi connectivity index (χ4n) is 2.58. The van der Waals surface area contributed by atoms with Crippen LogP contribution < -0.4 is 10.6 Å². The predicted molar refractivity (Wildman–Crippen MR) is 71.3 cm³/mol. The van der Waals surface area contributed by atoms with Gasteiger partial charge in [0, 0.05) is 18.8 Å². The number of nitrogens with two attached hydrogens (primary N) is 1. The third-order valence-corrected chi connectivity index (χ3v) is 3.53. The Labute approximate surface area is 104 Å². The van der Waals surface area contributed by atoms with Crippen LogP contribution in [0.4, 0.5) is 5.69 Å². The molecule has 1 saturated heterocycles. The zero-order valence-corrected chi connectivity index (χ0v) is 10.8. The fraction of sp³-hybridized carbons (Fsp3) is 0.571. The third kappa shape index (κ3) is 2.45. The van der Waals surface area contributed by atoms with Gasteiger partial charge in [-0.15, -0.1) is 0 Å². The summed E-state index contributed by atoms with van der Waals surface area (Å²) in [7, 11) is 0. The Kier molecular flexibility index (Phi) is 4.02. The Balaban J connectivity index is 2.36. The van der Waals surface area contributed by atoms with Crippen LogP contribution in [-0.4, -0.2) is 25.8 Å². The van der Waals surface area contributed by atoms with E-state index < -0.39 is 0 Å². The molecule has 0 spiro atoms. The van der Waals surface area contributed by atoms with Crippen molar-refractivity contribution in [1.29, 1.82) is 0 Å². The second kappa shape index (κ2) is 5.52. The van der Waals surface area contributed by atoms with Crippen LogP contribution in [0, 0.1) is 6.92 Å². The number of rotatable bonds is 3. The van der Waals surface area contributed by atoms with E-state index in [0.717, 1.165) is 26.2 Å². The lowest BCUT2D eigenvalue weighted by molar-refractivity contribution is 0.0928. The van der Waals surface area contributed by atoms with Gasteiger partial charge in [-0.2, -0.15) is 0 Å². The van der Waals surface area contributed by atoms with Crippen LogP contribution in [-0.2, 0) is 11.3 Å². The Morgan fingerprint density at radius 1 is 1.47 bits per heavy atom. The molecule has 0 aliphatic carbocycles. The molecule has 0 bridgehead atoms. The SMILES string of the molecule is CCC1COCCN1c1c(C)cccc1CN. The van der Waals surface area contributed by atoms with Crippen LogP contribution in [0.3, 0.4) is 0 Å². The van der Waals surface area contributed by atoms with Crippen LogP contribution in [0.1, 0.15) is 24.5 Å². The van der Waals surface area contributed by atoms with Gasteiger partial charge >= 0.3 is 0 Å². The first-order chi connectivity index (χ1) is 8.27. The van der Waals surface area contributed by atoms with E-state index in [2.05, 4.69) is 36.9 Å². The highest BCUT2D eigenvalue weighted by atomic mass is 16.5. The molecule has 0 aromatic heterocycles. The van der Waals surface area contributed by atoms with Gasteiger partial charge in [-0.05, 0) is 24.5 Å². The molecule has 1 aliphatic rings. The number of ether oxygens (including phenoxy) is 1. The Morgan fingerprint density at radius 2 is 2.29 bits per heavy atom. The van der Waals surface area contributed by atoms with Crippen molar-refractivity contribution in [2.75, 3.05) is 24.7 Å². The van der Waals surface area contributed by atoms with E-state index in [0.29, 0.717) is 12.6 Å². The summed E-state index contributed by atoms with van der Waals surface area (Å²) >= 11 is 0. The van der Waals surface area contributed by atoms with Crippen molar-refractivity contribution in [3.8, 4) is 0 Å². The number of anilines is 1. The molecule has 0 amide bonds. The lowest BCUT2D eigenvalue weighted by Gasteiger charge is -2.39. The molecule has 17 heavy (non-hydrogen) atoms. The molecule has 1 aromatic carbocycles. The summed E-state index contributed by atoms with van der Waals surface area (Å²) in [4.78, 5) is 2.47. The summed E-state index contributed by atoms with van der Waals surface area (Å²) in [5, 5.41) is 0. The van der Waals surface area contributed by atoms with Crippen molar-refractivity contribution < 1.29 is 4.74 Å². The first-order valence-corrected chi connectivity index (χ1v) is 6.40. The molecule has 2 rings (SSSR count). The maximum Gasteiger partial charge on any atom is 0.0670 e. The van der Waals surface area contributed by atoms with E-state index in [1.165, 1.54) is 16.8 Å². The molecule has 1 unspecified atom stereocenters. The molecule has 0 radical (unpaired) electrons. The van der Waals surface area contributed by atoms with Crippen LogP contribution in [0.25, 0.3) is 0 Å². The monoisotopic (exact) mass is 234 g/mol. The molecule has 1 atom stereocenters. The standard InChI is InChI=1S/C14H22N2O/c1-3-13-10-17-8-7-16(13)14-11(2)5-4-6-12(14)9-15/h4-6,13H,3,7-10,15H2,1-2H3. The predicted octanol–water partition coefficient (Wildman–Crippen LogP) is 2.07. The average molecular weight is 234 g/mol. The molecular weight excluding hydrogens is 212 g/mol. The minimum atomic E-state index is 0.482. The summed E-state index contributed by atoms with van der Waals surface area (Å²) in [6, 6.07) is 6.86. The molecule has 94 valence electrons. The van der Waals surface area contributed by atoms with E-state index in [-0.39, 0.29) is 0 Å². The maximum absolute atomic E-state index is 5.86. The van der Waals surface area contributed by atoms with Gasteiger partial charge in [0.2, 0.25) is 0 Å². The second-order valence-electron chi connectivity index (χ2n) is 4.62. The van der Waals surface area contributed by atoms with Gasteiger partial charge in [0.1, 0.15) is 0 Å². The highest BCUT2D eigenvalue weighted by molar-refractivity contribution is 5.60. The van der Waals surface area contributed by atoms with Crippen molar-refractivity contribution in [2.45, 2.75) is 32.9 Å². The number of hydrogen-bond donors (Lipinski definition) is 1. The van der Waals surface area contributed by atoms with Gasteiger partial charge in [0.15, 0.2) is 0 Å². The van der Waals surface area contributed by atoms with Gasteiger partial charge in [-0.1, -0.05) is 25.1 Å². The minimum absolute atomic E-state index is 0.482. The van der Waals surface area contributed by atoms with Gasteiger partial charge in [-0.25, -0.2) is 0 Å². The molecule has 1 aromatic rings. The zero-order valence-electron chi connectivity index (χ0n) is 10.8. The van der Waals surface area contributed by atoms with E-state index in [9.17, 15) is 0 Å². The van der Waals surface area contributed by atoms with Crippen molar-refractivity contribution in [3.63, 3.8) is 0 Å². The minimum Gasteiger partial charge on any atom is -0.377 e. The highest BCUT2D eigenvalue weighted by Gasteiger charge is 2.24. The van der Waals surface area contributed by atoms with Crippen molar-refractivity contribution >= 4 is 5.69 Å². The lowest BCUT2D eigenvalue weighted by Crippen LogP contribution is -2.46. The fourth-order valence-corrected chi connectivity index (χ4v) is 2.58. The normalized spacial score (nSPS) is 20.6. The smallest absolute Gasteiger partial charge is 0.0670 e. The highest BCUT2D eigenvalue weighted by Crippen LogP contribution is 2.28. The van der Waals surface area contributed by atoms with Crippen molar-refractivity contribution in [3.05, 3.63) is 29.3 Å². The van der Waals surface area contributed by atoms with E-state index >= 15 is 0 Å². The second-order valence-corrected chi connectivity index (χ2v) is 4.62. The maximum atomic E-state index is 5.86. The van der Waals surface area contributed by atoms with E-state index in [1.54, 1.807) is 0 Å². The molecule has 1 heterocycles. The topological polar surface area (TPSA) is 38.5 Å².